The van der Waals surface area contributed by atoms with Crippen LogP contribution in [0.4, 0.5) is 5.69 Å². The summed E-state index contributed by atoms with van der Waals surface area (Å²) in [7, 11) is 0. The average molecular weight is 313 g/mol. The number of alkyl halides is 1. The molecule has 0 aliphatic heterocycles. The summed E-state index contributed by atoms with van der Waals surface area (Å²) in [6.07, 6.45) is 1.07. The van der Waals surface area contributed by atoms with Gasteiger partial charge in [0, 0.05) is 29.1 Å². The zero-order valence-electron chi connectivity index (χ0n) is 11.3. The number of H-pyrrole nitrogens is 1. The van der Waals surface area contributed by atoms with Crippen molar-refractivity contribution in [2.24, 2.45) is 0 Å². The summed E-state index contributed by atoms with van der Waals surface area (Å²) in [6.45, 7) is 3.06. The molecular weight excluding hydrogens is 295 g/mol. The highest BCUT2D eigenvalue weighted by Crippen LogP contribution is 2.20. The minimum Gasteiger partial charge on any atom is -0.385 e. The number of hydrogen-bond acceptors (Lipinski definition) is 2. The van der Waals surface area contributed by atoms with Gasteiger partial charge in [-0.05, 0) is 24.6 Å². The maximum atomic E-state index is 11.7. The quantitative estimate of drug-likeness (QED) is 0.819. The molecule has 2 aromatic rings. The van der Waals surface area contributed by atoms with Crippen molar-refractivity contribution in [3.05, 3.63) is 52.3 Å². The minimum absolute atomic E-state index is 0. The van der Waals surface area contributed by atoms with Crippen LogP contribution in [0.25, 0.3) is 11.3 Å². The number of aromatic nitrogens is 1. The van der Waals surface area contributed by atoms with Gasteiger partial charge in [0.05, 0.1) is 5.88 Å². The molecule has 1 aromatic heterocycles. The van der Waals surface area contributed by atoms with E-state index >= 15 is 0 Å². The predicted molar refractivity (Wildman–Crippen MR) is 88.1 cm³/mol. The minimum atomic E-state index is -0.126. The average Bonchev–Trinajstić information content (AvgIpc) is 2.45. The van der Waals surface area contributed by atoms with Crippen LogP contribution in [0.1, 0.15) is 18.9 Å². The predicted octanol–water partition coefficient (Wildman–Crippen LogP) is 4.02. The Morgan fingerprint density at radius 1 is 1.25 bits per heavy atom. The lowest BCUT2D eigenvalue weighted by Gasteiger charge is -2.08. The third-order valence-corrected chi connectivity index (χ3v) is 3.18. The molecule has 0 atom stereocenters. The van der Waals surface area contributed by atoms with E-state index < -0.39 is 0 Å². The monoisotopic (exact) mass is 312 g/mol. The van der Waals surface area contributed by atoms with Gasteiger partial charge < -0.3 is 10.3 Å². The molecule has 0 aliphatic carbocycles. The second-order valence-corrected chi connectivity index (χ2v) is 4.63. The lowest BCUT2D eigenvalue weighted by Crippen LogP contribution is -2.11. The van der Waals surface area contributed by atoms with Crippen LogP contribution in [0.2, 0.25) is 0 Å². The van der Waals surface area contributed by atoms with Gasteiger partial charge in [-0.1, -0.05) is 25.1 Å². The van der Waals surface area contributed by atoms with Gasteiger partial charge in [-0.3, -0.25) is 4.79 Å². The number of hydrogen-bond donors (Lipinski definition) is 2. The van der Waals surface area contributed by atoms with Gasteiger partial charge >= 0.3 is 0 Å². The Balaban J connectivity index is 0.00000200. The molecular formula is C15H18Cl2N2O. The molecule has 0 amide bonds. The van der Waals surface area contributed by atoms with E-state index in [-0.39, 0.29) is 23.8 Å². The Kier molecular flexibility index (Phi) is 6.62. The third kappa shape index (κ3) is 4.02. The van der Waals surface area contributed by atoms with Gasteiger partial charge in [0.2, 0.25) is 0 Å². The van der Waals surface area contributed by atoms with Crippen molar-refractivity contribution < 1.29 is 0 Å². The first-order valence-electron chi connectivity index (χ1n) is 6.37. The maximum absolute atomic E-state index is 11.7. The Morgan fingerprint density at radius 3 is 2.70 bits per heavy atom. The Morgan fingerprint density at radius 2 is 2.05 bits per heavy atom. The van der Waals surface area contributed by atoms with Crippen molar-refractivity contribution in [1.29, 1.82) is 0 Å². The van der Waals surface area contributed by atoms with E-state index in [9.17, 15) is 4.79 Å². The summed E-state index contributed by atoms with van der Waals surface area (Å²) >= 11 is 5.68. The third-order valence-electron chi connectivity index (χ3n) is 2.89. The molecule has 2 rings (SSSR count). The number of halogens is 2. The lowest BCUT2D eigenvalue weighted by atomic mass is 10.1. The number of rotatable bonds is 5. The van der Waals surface area contributed by atoms with Gasteiger partial charge in [-0.25, -0.2) is 0 Å². The van der Waals surface area contributed by atoms with E-state index in [0.717, 1.165) is 29.9 Å². The number of benzene rings is 1. The summed E-state index contributed by atoms with van der Waals surface area (Å²) in [5.74, 6) is 0.230. The highest BCUT2D eigenvalue weighted by Gasteiger charge is 2.03. The number of anilines is 1. The van der Waals surface area contributed by atoms with Crippen molar-refractivity contribution in [3.63, 3.8) is 0 Å². The van der Waals surface area contributed by atoms with E-state index in [1.54, 1.807) is 6.07 Å². The number of pyridine rings is 1. The van der Waals surface area contributed by atoms with Crippen LogP contribution in [-0.4, -0.2) is 11.5 Å². The highest BCUT2D eigenvalue weighted by molar-refractivity contribution is 6.17. The molecule has 0 fully saturated rings. The maximum Gasteiger partial charge on any atom is 0.252 e. The van der Waals surface area contributed by atoms with Crippen LogP contribution in [0, 0.1) is 0 Å². The normalized spacial score (nSPS) is 9.90. The Bertz CT molecular complexity index is 611. The zero-order valence-corrected chi connectivity index (χ0v) is 12.9. The van der Waals surface area contributed by atoms with Crippen LogP contribution in [0.3, 0.4) is 0 Å². The van der Waals surface area contributed by atoms with Gasteiger partial charge in [0.1, 0.15) is 0 Å². The molecule has 1 aromatic carbocycles. The first-order chi connectivity index (χ1) is 9.24. The second-order valence-electron chi connectivity index (χ2n) is 4.37. The molecule has 0 radical (unpaired) electrons. The van der Waals surface area contributed by atoms with Crippen molar-refractivity contribution in [1.82, 2.24) is 4.98 Å². The Hall–Kier alpha value is -1.45. The van der Waals surface area contributed by atoms with E-state index in [0.29, 0.717) is 5.56 Å². The summed E-state index contributed by atoms with van der Waals surface area (Å²) in [5, 5.41) is 3.33. The number of nitrogens with one attached hydrogen (secondary N) is 2. The second kappa shape index (κ2) is 7.98. The van der Waals surface area contributed by atoms with Crippen molar-refractivity contribution in [3.8, 4) is 11.3 Å². The van der Waals surface area contributed by atoms with E-state index in [4.69, 9.17) is 11.6 Å². The van der Waals surface area contributed by atoms with Crippen molar-refractivity contribution in [2.45, 2.75) is 19.2 Å². The smallest absolute Gasteiger partial charge is 0.252 e. The largest absolute Gasteiger partial charge is 0.385 e. The molecule has 3 nitrogen and oxygen atoms in total. The van der Waals surface area contributed by atoms with Crippen LogP contribution < -0.4 is 10.9 Å². The van der Waals surface area contributed by atoms with Crippen molar-refractivity contribution >= 4 is 29.7 Å². The van der Waals surface area contributed by atoms with E-state index in [1.807, 2.05) is 30.3 Å². The molecule has 0 saturated heterocycles. The topological polar surface area (TPSA) is 44.9 Å². The van der Waals surface area contributed by atoms with Crippen LogP contribution >= 0.6 is 24.0 Å². The van der Waals surface area contributed by atoms with Crippen LogP contribution in [-0.2, 0) is 5.88 Å². The molecule has 2 N–H and O–H groups in total. The molecule has 0 unspecified atom stereocenters. The summed E-state index contributed by atoms with van der Waals surface area (Å²) in [6, 6.07) is 11.7. The zero-order chi connectivity index (χ0) is 13.7. The molecule has 0 spiro atoms. The molecule has 0 aliphatic rings. The fourth-order valence-electron chi connectivity index (χ4n) is 1.84. The first kappa shape index (κ1) is 16.6. The molecule has 108 valence electrons. The SMILES string of the molecule is CCCNc1cccc(-c2ccc(CCl)c(=O)[nH]2)c1.Cl. The van der Waals surface area contributed by atoms with Gasteiger partial charge in [0.25, 0.3) is 5.56 Å². The van der Waals surface area contributed by atoms with E-state index in [1.165, 1.54) is 0 Å². The standard InChI is InChI=1S/C15H17ClN2O.ClH/c1-2-8-17-13-5-3-4-11(9-13)14-7-6-12(10-16)15(19)18-14;/h3-7,9,17H,2,8,10H2,1H3,(H,18,19);1H. The fraction of sp³-hybridized carbons (Fsp3) is 0.267. The summed E-state index contributed by atoms with van der Waals surface area (Å²) < 4.78 is 0. The molecule has 1 heterocycles. The molecule has 0 bridgehead atoms. The van der Waals surface area contributed by atoms with Crippen LogP contribution in [0.5, 0.6) is 0 Å². The summed E-state index contributed by atoms with van der Waals surface area (Å²) in [5.41, 5.74) is 3.31. The molecule has 5 heteroatoms. The number of aromatic amines is 1. The summed E-state index contributed by atoms with van der Waals surface area (Å²) in [4.78, 5) is 14.6. The van der Waals surface area contributed by atoms with Gasteiger partial charge in [-0.15, -0.1) is 24.0 Å². The van der Waals surface area contributed by atoms with Gasteiger partial charge in [-0.2, -0.15) is 0 Å². The fourth-order valence-corrected chi connectivity index (χ4v) is 2.05. The van der Waals surface area contributed by atoms with Gasteiger partial charge in [0.15, 0.2) is 0 Å². The molecule has 0 saturated carbocycles. The van der Waals surface area contributed by atoms with Crippen molar-refractivity contribution in [2.75, 3.05) is 11.9 Å². The lowest BCUT2D eigenvalue weighted by molar-refractivity contribution is 0.980. The van der Waals surface area contributed by atoms with E-state index in [2.05, 4.69) is 17.2 Å². The van der Waals surface area contributed by atoms with Crippen LogP contribution in [0.15, 0.2) is 41.2 Å². The first-order valence-corrected chi connectivity index (χ1v) is 6.90. The highest BCUT2D eigenvalue weighted by atomic mass is 35.5. The Labute approximate surface area is 129 Å². The molecule has 20 heavy (non-hydrogen) atoms.